The van der Waals surface area contributed by atoms with E-state index in [0.717, 1.165) is 6.08 Å². The lowest BCUT2D eigenvalue weighted by Gasteiger charge is -2.06. The number of rotatable bonds is 6. The van der Waals surface area contributed by atoms with Crippen molar-refractivity contribution in [2.24, 2.45) is 5.73 Å². The topological polar surface area (TPSA) is 116 Å². The van der Waals surface area contributed by atoms with E-state index in [2.05, 4.69) is 0 Å². The minimum Gasteiger partial charge on any atom is -0.496 e. The number of primary amides is 1. The quantitative estimate of drug-likeness (QED) is 0.726. The summed E-state index contributed by atoms with van der Waals surface area (Å²) in [5, 5.41) is 0.438. The summed E-state index contributed by atoms with van der Waals surface area (Å²) < 4.78 is 31.4. The average Bonchev–Trinajstić information content (AvgIpc) is 2.59. The second-order valence-corrected chi connectivity index (χ2v) is 7.20. The number of nitrogens with one attached hydrogen (secondary N) is 1. The Balaban J connectivity index is 2.16. The maximum Gasteiger partial charge on any atom is 0.264 e. The summed E-state index contributed by atoms with van der Waals surface area (Å²) in [5.41, 5.74) is 5.76. The van der Waals surface area contributed by atoms with Gasteiger partial charge in [-0.15, -0.1) is 0 Å². The molecule has 0 saturated carbocycles. The van der Waals surface area contributed by atoms with Gasteiger partial charge in [-0.25, -0.2) is 13.1 Å². The standard InChI is InChI=1S/C17H15ClN2O5S/c1-25-15-8-5-13(18)10-12(15)4-9-16(21)20-26(23,24)14-6-2-11(3-7-14)17(19)22/h2-10H,1H3,(H2,19,22)(H,20,21)/b9-4+. The van der Waals surface area contributed by atoms with Gasteiger partial charge in [0.1, 0.15) is 5.75 Å². The zero-order valence-corrected chi connectivity index (χ0v) is 15.2. The third-order valence-electron chi connectivity index (χ3n) is 3.29. The van der Waals surface area contributed by atoms with Gasteiger partial charge in [0.05, 0.1) is 12.0 Å². The second-order valence-electron chi connectivity index (χ2n) is 5.08. The lowest BCUT2D eigenvalue weighted by Crippen LogP contribution is -2.29. The first-order chi connectivity index (χ1) is 12.2. The molecule has 2 aromatic carbocycles. The molecule has 3 N–H and O–H groups in total. The van der Waals surface area contributed by atoms with Crippen LogP contribution in [0.4, 0.5) is 0 Å². The van der Waals surface area contributed by atoms with Crippen LogP contribution in [-0.4, -0.2) is 27.3 Å². The molecule has 26 heavy (non-hydrogen) atoms. The Morgan fingerprint density at radius 2 is 1.81 bits per heavy atom. The van der Waals surface area contributed by atoms with Crippen LogP contribution >= 0.6 is 11.6 Å². The van der Waals surface area contributed by atoms with Crippen molar-refractivity contribution in [3.8, 4) is 5.75 Å². The van der Waals surface area contributed by atoms with E-state index in [-0.39, 0.29) is 10.5 Å². The molecule has 0 saturated heterocycles. The molecule has 0 fully saturated rings. The summed E-state index contributed by atoms with van der Waals surface area (Å²) in [6.07, 6.45) is 2.43. The molecule has 0 aromatic heterocycles. The molecule has 0 radical (unpaired) electrons. The van der Waals surface area contributed by atoms with E-state index < -0.39 is 21.8 Å². The van der Waals surface area contributed by atoms with Crippen LogP contribution in [0.2, 0.25) is 5.02 Å². The van der Waals surface area contributed by atoms with Crippen molar-refractivity contribution >= 4 is 39.5 Å². The first-order valence-corrected chi connectivity index (χ1v) is 9.07. The molecule has 0 spiro atoms. The van der Waals surface area contributed by atoms with Crippen molar-refractivity contribution in [3.63, 3.8) is 0 Å². The van der Waals surface area contributed by atoms with Crippen LogP contribution in [0.1, 0.15) is 15.9 Å². The molecule has 7 nitrogen and oxygen atoms in total. The summed E-state index contributed by atoms with van der Waals surface area (Å²) >= 11 is 5.89. The smallest absolute Gasteiger partial charge is 0.264 e. The van der Waals surface area contributed by atoms with Crippen LogP contribution in [0.3, 0.4) is 0 Å². The number of hydrogen-bond acceptors (Lipinski definition) is 5. The number of hydrogen-bond donors (Lipinski definition) is 2. The van der Waals surface area contributed by atoms with E-state index in [1.54, 1.807) is 18.2 Å². The van der Waals surface area contributed by atoms with Gasteiger partial charge in [-0.05, 0) is 48.5 Å². The number of benzene rings is 2. The molecule has 0 unspecified atom stereocenters. The highest BCUT2D eigenvalue weighted by Crippen LogP contribution is 2.23. The molecule has 2 rings (SSSR count). The van der Waals surface area contributed by atoms with Gasteiger partial charge in [-0.1, -0.05) is 11.6 Å². The largest absolute Gasteiger partial charge is 0.496 e. The van der Waals surface area contributed by atoms with Crippen LogP contribution in [-0.2, 0) is 14.8 Å². The molecule has 0 atom stereocenters. The van der Waals surface area contributed by atoms with Gasteiger partial charge in [-0.3, -0.25) is 9.59 Å². The van der Waals surface area contributed by atoms with E-state index in [1.807, 2.05) is 4.72 Å². The molecule has 2 aromatic rings. The van der Waals surface area contributed by atoms with Crippen molar-refractivity contribution in [1.82, 2.24) is 4.72 Å². The van der Waals surface area contributed by atoms with Crippen molar-refractivity contribution in [3.05, 3.63) is 64.7 Å². The van der Waals surface area contributed by atoms with Crippen LogP contribution in [0.15, 0.2) is 53.4 Å². The van der Waals surface area contributed by atoms with Crippen molar-refractivity contribution in [2.75, 3.05) is 7.11 Å². The number of nitrogens with two attached hydrogens (primary N) is 1. The number of methoxy groups -OCH3 is 1. The zero-order chi connectivity index (χ0) is 19.3. The monoisotopic (exact) mass is 394 g/mol. The average molecular weight is 395 g/mol. The molecular weight excluding hydrogens is 380 g/mol. The van der Waals surface area contributed by atoms with Crippen LogP contribution in [0.5, 0.6) is 5.75 Å². The maximum absolute atomic E-state index is 12.2. The van der Waals surface area contributed by atoms with Crippen molar-refractivity contribution in [2.45, 2.75) is 4.90 Å². The van der Waals surface area contributed by atoms with E-state index in [0.29, 0.717) is 16.3 Å². The Morgan fingerprint density at radius 1 is 1.15 bits per heavy atom. The van der Waals surface area contributed by atoms with Crippen molar-refractivity contribution < 1.29 is 22.7 Å². The molecule has 9 heteroatoms. The lowest BCUT2D eigenvalue weighted by molar-refractivity contribution is -0.114. The maximum atomic E-state index is 12.2. The van der Waals surface area contributed by atoms with E-state index in [4.69, 9.17) is 22.1 Å². The van der Waals surface area contributed by atoms with Gasteiger partial charge in [0, 0.05) is 22.2 Å². The van der Waals surface area contributed by atoms with E-state index >= 15 is 0 Å². The van der Waals surface area contributed by atoms with Crippen LogP contribution in [0.25, 0.3) is 6.08 Å². The third-order valence-corrected chi connectivity index (χ3v) is 4.89. The summed E-state index contributed by atoms with van der Waals surface area (Å²) in [4.78, 5) is 22.8. The van der Waals surface area contributed by atoms with E-state index in [1.165, 1.54) is 37.5 Å². The molecule has 0 heterocycles. The fourth-order valence-electron chi connectivity index (χ4n) is 2.02. The first-order valence-electron chi connectivity index (χ1n) is 7.21. The number of ether oxygens (including phenoxy) is 1. The Morgan fingerprint density at radius 3 is 2.38 bits per heavy atom. The van der Waals surface area contributed by atoms with Gasteiger partial charge in [0.25, 0.3) is 15.9 Å². The molecule has 0 bridgehead atoms. The van der Waals surface area contributed by atoms with Crippen molar-refractivity contribution in [1.29, 1.82) is 0 Å². The number of halogens is 1. The highest BCUT2D eigenvalue weighted by molar-refractivity contribution is 7.90. The number of carbonyl (C=O) groups is 2. The Bertz CT molecular complexity index is 969. The molecular formula is C17H15ClN2O5S. The molecule has 136 valence electrons. The summed E-state index contributed by atoms with van der Waals surface area (Å²) in [6.45, 7) is 0. The summed E-state index contributed by atoms with van der Waals surface area (Å²) in [7, 11) is -2.63. The first kappa shape index (κ1) is 19.5. The van der Waals surface area contributed by atoms with Crippen LogP contribution < -0.4 is 15.2 Å². The minimum absolute atomic E-state index is 0.156. The Hall–Kier alpha value is -2.84. The molecule has 0 aliphatic carbocycles. The van der Waals surface area contributed by atoms with Gasteiger partial charge in [0.2, 0.25) is 5.91 Å². The SMILES string of the molecule is COc1ccc(Cl)cc1/C=C/C(=O)NS(=O)(=O)c1ccc(C(N)=O)cc1. The third kappa shape index (κ3) is 4.84. The molecule has 2 amide bonds. The van der Waals surface area contributed by atoms with Gasteiger partial charge in [0.15, 0.2) is 0 Å². The predicted octanol–water partition coefficient (Wildman–Crippen LogP) is 1.97. The van der Waals surface area contributed by atoms with E-state index in [9.17, 15) is 18.0 Å². The molecule has 0 aliphatic rings. The van der Waals surface area contributed by atoms with Gasteiger partial charge >= 0.3 is 0 Å². The Labute approximate surface area is 155 Å². The van der Waals surface area contributed by atoms with Gasteiger partial charge < -0.3 is 10.5 Å². The fourth-order valence-corrected chi connectivity index (χ4v) is 3.15. The number of amides is 2. The minimum atomic E-state index is -4.09. The second kappa shape index (κ2) is 8.03. The number of sulfonamides is 1. The number of carbonyl (C=O) groups excluding carboxylic acids is 2. The highest BCUT2D eigenvalue weighted by Gasteiger charge is 2.16. The summed E-state index contributed by atoms with van der Waals surface area (Å²) in [5.74, 6) is -1.06. The van der Waals surface area contributed by atoms with Crippen LogP contribution in [0, 0.1) is 0 Å². The predicted molar refractivity (Wildman–Crippen MR) is 97.3 cm³/mol. The highest BCUT2D eigenvalue weighted by atomic mass is 35.5. The summed E-state index contributed by atoms with van der Waals surface area (Å²) in [6, 6.07) is 9.69. The zero-order valence-electron chi connectivity index (χ0n) is 13.6. The lowest BCUT2D eigenvalue weighted by atomic mass is 10.2. The normalized spacial score (nSPS) is 11.3. The van der Waals surface area contributed by atoms with Gasteiger partial charge in [-0.2, -0.15) is 0 Å². The Kier molecular flexibility index (Phi) is 6.01. The molecule has 0 aliphatic heterocycles. The fraction of sp³-hybridized carbons (Fsp3) is 0.0588.